The summed E-state index contributed by atoms with van der Waals surface area (Å²) in [5.74, 6) is -2.24. The third-order valence-electron chi connectivity index (χ3n) is 2.89. The lowest BCUT2D eigenvalue weighted by Crippen LogP contribution is -2.02. The first kappa shape index (κ1) is 20.1. The number of aliphatic hydroxyl groups excluding tert-OH is 1. The normalized spacial score (nSPS) is 10.0. The summed E-state index contributed by atoms with van der Waals surface area (Å²) in [5.41, 5.74) is 0.618. The summed E-state index contributed by atoms with van der Waals surface area (Å²) < 4.78 is 0. The van der Waals surface area contributed by atoms with Crippen LogP contribution in [0.1, 0.15) is 65.3 Å². The highest BCUT2D eigenvalue weighted by Crippen LogP contribution is 2.09. The number of hydrogen-bond donors (Lipinski definition) is 4. The van der Waals surface area contributed by atoms with Gasteiger partial charge in [-0.25, -0.2) is 9.59 Å². The van der Waals surface area contributed by atoms with Crippen LogP contribution in [0.25, 0.3) is 0 Å². The van der Waals surface area contributed by atoms with Crippen LogP contribution in [0.5, 0.6) is 0 Å². The maximum Gasteiger partial charge on any atom is 0.335 e. The van der Waals surface area contributed by atoms with Crippen molar-refractivity contribution in [3.05, 3.63) is 34.9 Å². The van der Waals surface area contributed by atoms with E-state index in [1.165, 1.54) is 25.0 Å². The molecule has 4 N–H and O–H groups in total. The number of hydrogen-bond acceptors (Lipinski definition) is 4. The van der Waals surface area contributed by atoms with Crippen LogP contribution in [0.4, 0.5) is 0 Å². The molecule has 0 atom stereocenters. The van der Waals surface area contributed by atoms with Crippen LogP contribution in [0, 0.1) is 6.92 Å². The van der Waals surface area contributed by atoms with Gasteiger partial charge in [0.15, 0.2) is 6.29 Å². The van der Waals surface area contributed by atoms with Crippen molar-refractivity contribution in [1.82, 2.24) is 0 Å². The zero-order valence-electron chi connectivity index (χ0n) is 13.0. The largest absolute Gasteiger partial charge is 0.478 e. The number of carboxylic acids is 2. The second kappa shape index (κ2) is 10.8. The SMILES string of the molecule is CCCCCCC(O)O.Cc1cc(C(=O)O)cc(C(=O)O)c1. The van der Waals surface area contributed by atoms with E-state index in [4.69, 9.17) is 20.4 Å². The minimum absolute atomic E-state index is 0.00241. The van der Waals surface area contributed by atoms with Gasteiger partial charge < -0.3 is 20.4 Å². The maximum absolute atomic E-state index is 10.5. The van der Waals surface area contributed by atoms with E-state index in [1.807, 2.05) is 0 Å². The molecule has 6 heteroatoms. The Morgan fingerprint density at radius 3 is 1.82 bits per heavy atom. The third kappa shape index (κ3) is 9.10. The molecule has 0 aliphatic heterocycles. The molecule has 0 saturated carbocycles. The highest BCUT2D eigenvalue weighted by molar-refractivity contribution is 5.94. The quantitative estimate of drug-likeness (QED) is 0.454. The summed E-state index contributed by atoms with van der Waals surface area (Å²) in [7, 11) is 0. The molecule has 0 heterocycles. The van der Waals surface area contributed by atoms with Crippen molar-refractivity contribution in [2.45, 2.75) is 52.2 Å². The van der Waals surface area contributed by atoms with Gasteiger partial charge in [0.05, 0.1) is 11.1 Å². The van der Waals surface area contributed by atoms with E-state index in [1.54, 1.807) is 6.92 Å². The lowest BCUT2D eigenvalue weighted by Gasteiger charge is -2.00. The Kier molecular flexibility index (Phi) is 9.82. The number of rotatable bonds is 7. The minimum Gasteiger partial charge on any atom is -0.478 e. The lowest BCUT2D eigenvalue weighted by atomic mass is 10.1. The molecule has 0 bridgehead atoms. The van der Waals surface area contributed by atoms with Crippen molar-refractivity contribution in [2.24, 2.45) is 0 Å². The summed E-state index contributed by atoms with van der Waals surface area (Å²) in [6.07, 6.45) is 3.88. The summed E-state index contributed by atoms with van der Waals surface area (Å²) in [6.45, 7) is 3.79. The molecular weight excluding hydrogens is 288 g/mol. The molecule has 0 radical (unpaired) electrons. The van der Waals surface area contributed by atoms with Gasteiger partial charge in [0.25, 0.3) is 0 Å². The number of aromatic carboxylic acids is 2. The van der Waals surface area contributed by atoms with Crippen molar-refractivity contribution >= 4 is 11.9 Å². The second-order valence-electron chi connectivity index (χ2n) is 5.03. The Morgan fingerprint density at radius 2 is 1.45 bits per heavy atom. The summed E-state index contributed by atoms with van der Waals surface area (Å²) in [6, 6.07) is 3.99. The standard InChI is InChI=1S/C9H8O4.C7H16O2/c1-5-2-6(8(10)11)4-7(3-5)9(12)13;1-2-3-4-5-6-7(8)9/h2-4H,1H3,(H,10,11)(H,12,13);7-9H,2-6H2,1H3. The van der Waals surface area contributed by atoms with Gasteiger partial charge >= 0.3 is 11.9 Å². The highest BCUT2D eigenvalue weighted by Gasteiger charge is 2.09. The zero-order chi connectivity index (χ0) is 17.1. The van der Waals surface area contributed by atoms with Crippen molar-refractivity contribution in [1.29, 1.82) is 0 Å². The van der Waals surface area contributed by atoms with Crippen molar-refractivity contribution in [3.63, 3.8) is 0 Å². The molecule has 0 aliphatic rings. The molecule has 0 aromatic heterocycles. The molecule has 0 unspecified atom stereocenters. The molecule has 124 valence electrons. The minimum atomic E-state index is -1.12. The Bertz CT molecular complexity index is 449. The van der Waals surface area contributed by atoms with Gasteiger partial charge in [-0.15, -0.1) is 0 Å². The van der Waals surface area contributed by atoms with Crippen LogP contribution >= 0.6 is 0 Å². The molecule has 1 aromatic rings. The molecule has 0 aliphatic carbocycles. The van der Waals surface area contributed by atoms with Crippen LogP contribution in [0.3, 0.4) is 0 Å². The summed E-state index contributed by atoms with van der Waals surface area (Å²) in [5, 5.41) is 34.1. The van der Waals surface area contributed by atoms with E-state index >= 15 is 0 Å². The Morgan fingerprint density at radius 1 is 0.955 bits per heavy atom. The average Bonchev–Trinajstić information content (AvgIpc) is 2.43. The van der Waals surface area contributed by atoms with E-state index in [0.717, 1.165) is 18.9 Å². The van der Waals surface area contributed by atoms with Gasteiger partial charge in [-0.1, -0.05) is 26.2 Å². The number of aliphatic hydroxyl groups is 2. The number of carbonyl (C=O) groups is 2. The van der Waals surface area contributed by atoms with E-state index in [-0.39, 0.29) is 11.1 Å². The van der Waals surface area contributed by atoms with Gasteiger partial charge in [0.2, 0.25) is 0 Å². The first-order chi connectivity index (χ1) is 10.3. The Balaban J connectivity index is 0.000000433. The van der Waals surface area contributed by atoms with Crippen LogP contribution in [-0.2, 0) is 0 Å². The number of aryl methyl sites for hydroxylation is 1. The van der Waals surface area contributed by atoms with E-state index in [9.17, 15) is 9.59 Å². The second-order valence-corrected chi connectivity index (χ2v) is 5.03. The van der Waals surface area contributed by atoms with E-state index < -0.39 is 18.2 Å². The highest BCUT2D eigenvalue weighted by atomic mass is 16.5. The van der Waals surface area contributed by atoms with Gasteiger partial charge in [-0.2, -0.15) is 0 Å². The van der Waals surface area contributed by atoms with Crippen LogP contribution < -0.4 is 0 Å². The van der Waals surface area contributed by atoms with E-state index in [0.29, 0.717) is 12.0 Å². The fraction of sp³-hybridized carbons (Fsp3) is 0.500. The van der Waals surface area contributed by atoms with Gasteiger partial charge in [-0.3, -0.25) is 0 Å². The molecule has 0 amide bonds. The predicted octanol–water partition coefficient (Wildman–Crippen LogP) is 2.66. The molecule has 0 saturated heterocycles. The van der Waals surface area contributed by atoms with Gasteiger partial charge in [-0.05, 0) is 43.5 Å². The molecule has 6 nitrogen and oxygen atoms in total. The maximum atomic E-state index is 10.5. The topological polar surface area (TPSA) is 115 Å². The zero-order valence-corrected chi connectivity index (χ0v) is 13.0. The van der Waals surface area contributed by atoms with Gasteiger partial charge in [0.1, 0.15) is 0 Å². The number of carboxylic acid groups (broad SMARTS) is 2. The molecular formula is C16H24O6. The fourth-order valence-electron chi connectivity index (χ4n) is 1.78. The summed E-state index contributed by atoms with van der Waals surface area (Å²) in [4.78, 5) is 21.1. The third-order valence-corrected chi connectivity index (χ3v) is 2.89. The predicted molar refractivity (Wildman–Crippen MR) is 82.1 cm³/mol. The van der Waals surface area contributed by atoms with Crippen LogP contribution in [-0.4, -0.2) is 38.7 Å². The lowest BCUT2D eigenvalue weighted by molar-refractivity contribution is -0.0466. The first-order valence-corrected chi connectivity index (χ1v) is 7.22. The molecule has 22 heavy (non-hydrogen) atoms. The van der Waals surface area contributed by atoms with Crippen molar-refractivity contribution in [3.8, 4) is 0 Å². The smallest absolute Gasteiger partial charge is 0.335 e. The molecule has 1 aromatic carbocycles. The van der Waals surface area contributed by atoms with Crippen molar-refractivity contribution in [2.75, 3.05) is 0 Å². The molecule has 0 fully saturated rings. The van der Waals surface area contributed by atoms with Crippen molar-refractivity contribution < 1.29 is 30.0 Å². The Hall–Kier alpha value is -1.92. The first-order valence-electron chi connectivity index (χ1n) is 7.22. The monoisotopic (exact) mass is 312 g/mol. The number of benzene rings is 1. The van der Waals surface area contributed by atoms with Crippen LogP contribution in [0.2, 0.25) is 0 Å². The van der Waals surface area contributed by atoms with E-state index in [2.05, 4.69) is 6.92 Å². The molecule has 1 rings (SSSR count). The van der Waals surface area contributed by atoms with Gasteiger partial charge in [0, 0.05) is 0 Å². The number of unbranched alkanes of at least 4 members (excludes halogenated alkanes) is 3. The Labute approximate surface area is 130 Å². The molecule has 0 spiro atoms. The van der Waals surface area contributed by atoms with Crippen LogP contribution in [0.15, 0.2) is 18.2 Å². The average molecular weight is 312 g/mol. The summed E-state index contributed by atoms with van der Waals surface area (Å²) >= 11 is 0. The fourth-order valence-corrected chi connectivity index (χ4v) is 1.78.